The molecular formula is C13H13F3N2S. The van der Waals surface area contributed by atoms with Crippen molar-refractivity contribution in [2.75, 3.05) is 5.32 Å². The van der Waals surface area contributed by atoms with Gasteiger partial charge in [-0.05, 0) is 17.4 Å². The van der Waals surface area contributed by atoms with Crippen LogP contribution in [-0.2, 0) is 0 Å². The average molecular weight is 286 g/mol. The Morgan fingerprint density at radius 3 is 2.53 bits per heavy atom. The van der Waals surface area contributed by atoms with Gasteiger partial charge in [0.2, 0.25) is 0 Å². The van der Waals surface area contributed by atoms with E-state index in [4.69, 9.17) is 0 Å². The van der Waals surface area contributed by atoms with E-state index in [1.54, 1.807) is 0 Å². The maximum atomic E-state index is 13.6. The number of anilines is 1. The molecule has 19 heavy (non-hydrogen) atoms. The molecule has 0 aliphatic carbocycles. The molecule has 0 spiro atoms. The highest BCUT2D eigenvalue weighted by molar-refractivity contribution is 7.10. The molecule has 2 nitrogen and oxygen atoms in total. The zero-order valence-electron chi connectivity index (χ0n) is 10.5. The largest absolute Gasteiger partial charge is 0.360 e. The summed E-state index contributed by atoms with van der Waals surface area (Å²) in [5.74, 6) is -3.63. The first-order chi connectivity index (χ1) is 8.99. The van der Waals surface area contributed by atoms with Crippen LogP contribution in [0.4, 0.5) is 19.0 Å². The van der Waals surface area contributed by atoms with Gasteiger partial charge in [0.1, 0.15) is 0 Å². The lowest BCUT2D eigenvalue weighted by Gasteiger charge is -2.22. The quantitative estimate of drug-likeness (QED) is 0.844. The smallest absolute Gasteiger partial charge is 0.251 e. The van der Waals surface area contributed by atoms with Crippen LogP contribution in [0.3, 0.4) is 0 Å². The predicted molar refractivity (Wildman–Crippen MR) is 69.6 cm³/mol. The summed E-state index contributed by atoms with van der Waals surface area (Å²) in [6.45, 7) is 3.91. The van der Waals surface area contributed by atoms with Gasteiger partial charge < -0.3 is 5.32 Å². The number of nitrogens with one attached hydrogen (secondary N) is 1. The summed E-state index contributed by atoms with van der Waals surface area (Å²) in [5.41, 5.74) is 0. The second kappa shape index (κ2) is 5.61. The van der Waals surface area contributed by atoms with Crippen LogP contribution in [0.5, 0.6) is 0 Å². The van der Waals surface area contributed by atoms with Crippen LogP contribution in [0, 0.1) is 23.5 Å². The number of hydrogen-bond donors (Lipinski definition) is 1. The highest BCUT2D eigenvalue weighted by Gasteiger charge is 2.20. The number of nitrogens with zero attached hydrogens (tertiary/aromatic N) is 1. The molecule has 0 aliphatic rings. The minimum Gasteiger partial charge on any atom is -0.360 e. The molecule has 1 N–H and O–H groups in total. The van der Waals surface area contributed by atoms with E-state index in [9.17, 15) is 13.2 Å². The molecule has 0 saturated heterocycles. The highest BCUT2D eigenvalue weighted by Crippen LogP contribution is 2.30. The Bertz CT molecular complexity index is 555. The first kappa shape index (κ1) is 13.9. The van der Waals surface area contributed by atoms with Gasteiger partial charge in [-0.3, -0.25) is 0 Å². The Hall–Kier alpha value is -1.56. The summed E-state index contributed by atoms with van der Waals surface area (Å²) in [6, 6.07) is 4.08. The van der Waals surface area contributed by atoms with Crippen LogP contribution in [0.15, 0.2) is 23.6 Å². The molecule has 0 saturated carbocycles. The van der Waals surface area contributed by atoms with Crippen molar-refractivity contribution in [1.29, 1.82) is 0 Å². The molecule has 102 valence electrons. The highest BCUT2D eigenvalue weighted by atomic mass is 32.1. The molecule has 0 bridgehead atoms. The van der Waals surface area contributed by atoms with E-state index in [1.165, 1.54) is 11.3 Å². The third-order valence-electron chi connectivity index (χ3n) is 2.70. The Morgan fingerprint density at radius 1 is 1.21 bits per heavy atom. The maximum Gasteiger partial charge on any atom is 0.251 e. The van der Waals surface area contributed by atoms with E-state index in [-0.39, 0.29) is 17.8 Å². The molecule has 0 aliphatic heterocycles. The Morgan fingerprint density at radius 2 is 1.95 bits per heavy atom. The van der Waals surface area contributed by atoms with Gasteiger partial charge in [-0.1, -0.05) is 19.9 Å². The molecule has 0 amide bonds. The molecule has 1 atom stereocenters. The van der Waals surface area contributed by atoms with Gasteiger partial charge in [-0.15, -0.1) is 11.3 Å². The van der Waals surface area contributed by atoms with Crippen molar-refractivity contribution in [3.05, 3.63) is 46.0 Å². The Balaban J connectivity index is 2.30. The van der Waals surface area contributed by atoms with E-state index in [1.807, 2.05) is 31.4 Å². The zero-order chi connectivity index (χ0) is 14.0. The van der Waals surface area contributed by atoms with E-state index < -0.39 is 17.6 Å². The van der Waals surface area contributed by atoms with Gasteiger partial charge in [0.25, 0.3) is 5.95 Å². The molecular weight excluding hydrogens is 273 g/mol. The zero-order valence-corrected chi connectivity index (χ0v) is 11.3. The number of rotatable bonds is 4. The number of halogens is 3. The summed E-state index contributed by atoms with van der Waals surface area (Å²) >= 11 is 1.51. The van der Waals surface area contributed by atoms with Crippen LogP contribution in [0.25, 0.3) is 0 Å². The van der Waals surface area contributed by atoms with Crippen molar-refractivity contribution in [2.24, 2.45) is 5.92 Å². The predicted octanol–water partition coefficient (Wildman–Crippen LogP) is 4.37. The SMILES string of the molecule is CC(C)C(Nc1nc(F)c(F)cc1F)c1cccs1. The lowest BCUT2D eigenvalue weighted by atomic mass is 10.0. The fraction of sp³-hybridized carbons (Fsp3) is 0.308. The maximum absolute atomic E-state index is 13.6. The van der Waals surface area contributed by atoms with Gasteiger partial charge in [0.05, 0.1) is 6.04 Å². The van der Waals surface area contributed by atoms with Gasteiger partial charge in [-0.25, -0.2) is 8.78 Å². The molecule has 2 heterocycles. The summed E-state index contributed by atoms with van der Waals surface area (Å²) < 4.78 is 39.5. The van der Waals surface area contributed by atoms with Gasteiger partial charge in [-0.2, -0.15) is 9.37 Å². The third-order valence-corrected chi connectivity index (χ3v) is 3.65. The van der Waals surface area contributed by atoms with E-state index in [0.29, 0.717) is 6.07 Å². The first-order valence-corrected chi connectivity index (χ1v) is 6.68. The first-order valence-electron chi connectivity index (χ1n) is 5.80. The fourth-order valence-electron chi connectivity index (χ4n) is 1.73. The number of aromatic nitrogens is 1. The van der Waals surface area contributed by atoms with Crippen molar-refractivity contribution in [3.8, 4) is 0 Å². The minimum absolute atomic E-state index is 0.146. The van der Waals surface area contributed by atoms with Crippen molar-refractivity contribution in [3.63, 3.8) is 0 Å². The summed E-state index contributed by atoms with van der Waals surface area (Å²) in [5, 5.41) is 4.74. The summed E-state index contributed by atoms with van der Waals surface area (Å²) in [6.07, 6.45) is 0. The molecule has 6 heteroatoms. The molecule has 2 rings (SSSR count). The van der Waals surface area contributed by atoms with Crippen molar-refractivity contribution >= 4 is 17.2 Å². The van der Waals surface area contributed by atoms with Crippen molar-refractivity contribution < 1.29 is 13.2 Å². The minimum atomic E-state index is -1.31. The lowest BCUT2D eigenvalue weighted by molar-refractivity contribution is 0.462. The Labute approximate surface area is 113 Å². The molecule has 2 aromatic rings. The van der Waals surface area contributed by atoms with Crippen LogP contribution < -0.4 is 5.32 Å². The summed E-state index contributed by atoms with van der Waals surface area (Å²) in [7, 11) is 0. The van der Waals surface area contributed by atoms with Crippen LogP contribution in [0.1, 0.15) is 24.8 Å². The molecule has 0 aromatic carbocycles. The topological polar surface area (TPSA) is 24.9 Å². The number of pyridine rings is 1. The van der Waals surface area contributed by atoms with E-state index in [0.717, 1.165) is 4.88 Å². The second-order valence-corrected chi connectivity index (χ2v) is 5.45. The second-order valence-electron chi connectivity index (χ2n) is 4.47. The number of hydrogen-bond acceptors (Lipinski definition) is 3. The van der Waals surface area contributed by atoms with E-state index in [2.05, 4.69) is 10.3 Å². The van der Waals surface area contributed by atoms with E-state index >= 15 is 0 Å². The Kier molecular flexibility index (Phi) is 4.09. The molecule has 0 radical (unpaired) electrons. The van der Waals surface area contributed by atoms with Crippen LogP contribution >= 0.6 is 11.3 Å². The average Bonchev–Trinajstić information content (AvgIpc) is 2.85. The van der Waals surface area contributed by atoms with Crippen LogP contribution in [0.2, 0.25) is 0 Å². The lowest BCUT2D eigenvalue weighted by Crippen LogP contribution is -2.18. The fourth-order valence-corrected chi connectivity index (χ4v) is 2.68. The molecule has 0 fully saturated rings. The summed E-state index contributed by atoms with van der Waals surface area (Å²) in [4.78, 5) is 4.27. The molecule has 2 aromatic heterocycles. The van der Waals surface area contributed by atoms with Gasteiger partial charge in [0, 0.05) is 10.9 Å². The van der Waals surface area contributed by atoms with Crippen LogP contribution in [-0.4, -0.2) is 4.98 Å². The number of thiophene rings is 1. The van der Waals surface area contributed by atoms with Gasteiger partial charge in [0.15, 0.2) is 17.5 Å². The van der Waals surface area contributed by atoms with Crippen molar-refractivity contribution in [1.82, 2.24) is 4.98 Å². The van der Waals surface area contributed by atoms with Crippen molar-refractivity contribution in [2.45, 2.75) is 19.9 Å². The third kappa shape index (κ3) is 3.07. The van der Waals surface area contributed by atoms with Gasteiger partial charge >= 0.3 is 0 Å². The normalized spacial score (nSPS) is 12.7. The monoisotopic (exact) mass is 286 g/mol. The molecule has 1 unspecified atom stereocenters. The standard InChI is InChI=1S/C13H13F3N2S/c1-7(2)11(10-4-3-5-19-10)17-13-9(15)6-8(14)12(16)18-13/h3-7,11H,1-2H3,(H,17,18).